The highest BCUT2D eigenvalue weighted by molar-refractivity contribution is 7.99. The molecule has 1 aromatic carbocycles. The van der Waals surface area contributed by atoms with Crippen LogP contribution in [0.3, 0.4) is 0 Å². The number of nitrogens with one attached hydrogen (secondary N) is 1. The number of non-ortho nitro benzene ring substituents is 1. The summed E-state index contributed by atoms with van der Waals surface area (Å²) in [6.45, 7) is 5.38. The van der Waals surface area contributed by atoms with E-state index in [0.717, 1.165) is 31.1 Å². The van der Waals surface area contributed by atoms with Crippen LogP contribution >= 0.6 is 11.8 Å². The van der Waals surface area contributed by atoms with Crippen molar-refractivity contribution >= 4 is 34.6 Å². The van der Waals surface area contributed by atoms with Crippen molar-refractivity contribution in [3.8, 4) is 11.8 Å². The molecule has 0 atom stereocenters. The number of hydrogen-bond donors (Lipinski definition) is 1. The molecule has 31 heavy (non-hydrogen) atoms. The zero-order valence-corrected chi connectivity index (χ0v) is 18.0. The molecule has 0 unspecified atom stereocenters. The molecule has 0 aliphatic carbocycles. The van der Waals surface area contributed by atoms with Crippen LogP contribution in [0, 0.1) is 22.0 Å². The Morgan fingerprint density at radius 3 is 2.58 bits per heavy atom. The first-order chi connectivity index (χ1) is 15.0. The summed E-state index contributed by atoms with van der Waals surface area (Å²) in [5.41, 5.74) is 0.602. The van der Waals surface area contributed by atoms with Gasteiger partial charge in [-0.1, -0.05) is 17.7 Å². The first-order valence-corrected chi connectivity index (χ1v) is 10.6. The van der Waals surface area contributed by atoms with Gasteiger partial charge in [0.1, 0.15) is 0 Å². The summed E-state index contributed by atoms with van der Waals surface area (Å²) in [6, 6.07) is 6.14. The SMILES string of the molecule is CC#CCn1c(N2CCNCC2)nc2nc(Sc3ccc([N+](=O)[O-])cc3)n(C)c(=O)c21. The molecule has 2 aromatic heterocycles. The minimum absolute atomic E-state index is 0.0121. The van der Waals surface area contributed by atoms with E-state index in [2.05, 4.69) is 27.0 Å². The van der Waals surface area contributed by atoms with Crippen LogP contribution in [0.15, 0.2) is 39.1 Å². The Balaban J connectivity index is 1.78. The summed E-state index contributed by atoms with van der Waals surface area (Å²) in [7, 11) is 1.66. The maximum atomic E-state index is 13.2. The fraction of sp³-hybridized carbons (Fsp3) is 0.350. The van der Waals surface area contributed by atoms with Crippen LogP contribution in [0.25, 0.3) is 11.2 Å². The Hall–Kier alpha value is -3.36. The lowest BCUT2D eigenvalue weighted by molar-refractivity contribution is -0.384. The van der Waals surface area contributed by atoms with Crippen molar-refractivity contribution in [3.63, 3.8) is 0 Å². The molecule has 4 rings (SSSR count). The number of piperazine rings is 1. The van der Waals surface area contributed by atoms with Crippen molar-refractivity contribution in [3.05, 3.63) is 44.7 Å². The van der Waals surface area contributed by atoms with Gasteiger partial charge in [0.15, 0.2) is 16.3 Å². The van der Waals surface area contributed by atoms with Gasteiger partial charge in [-0.25, -0.2) is 4.98 Å². The van der Waals surface area contributed by atoms with Crippen LogP contribution in [0.1, 0.15) is 6.92 Å². The van der Waals surface area contributed by atoms with Gasteiger partial charge in [-0.2, -0.15) is 4.98 Å². The zero-order valence-electron chi connectivity index (χ0n) is 17.2. The Morgan fingerprint density at radius 2 is 1.94 bits per heavy atom. The lowest BCUT2D eigenvalue weighted by Crippen LogP contribution is -2.44. The molecule has 0 radical (unpaired) electrons. The average molecular weight is 440 g/mol. The lowest BCUT2D eigenvalue weighted by Gasteiger charge is -2.28. The quantitative estimate of drug-likeness (QED) is 0.276. The number of nitrogens with zero attached hydrogens (tertiary/aromatic N) is 6. The van der Waals surface area contributed by atoms with Gasteiger partial charge in [0.25, 0.3) is 11.2 Å². The van der Waals surface area contributed by atoms with Crippen molar-refractivity contribution in [1.29, 1.82) is 0 Å². The third kappa shape index (κ3) is 4.12. The molecule has 1 saturated heterocycles. The van der Waals surface area contributed by atoms with E-state index in [1.54, 1.807) is 26.1 Å². The zero-order chi connectivity index (χ0) is 22.0. The molecule has 1 N–H and O–H groups in total. The molecular weight excluding hydrogens is 418 g/mol. The van der Waals surface area contributed by atoms with Gasteiger partial charge in [-0.05, 0) is 19.1 Å². The summed E-state index contributed by atoms with van der Waals surface area (Å²) in [6.07, 6.45) is 0. The van der Waals surface area contributed by atoms with E-state index in [1.165, 1.54) is 28.5 Å². The molecule has 3 heterocycles. The Labute approximate surface area is 182 Å². The molecule has 10 nitrogen and oxygen atoms in total. The number of hydrogen-bond acceptors (Lipinski definition) is 8. The Kier molecular flexibility index (Phi) is 5.92. The lowest BCUT2D eigenvalue weighted by atomic mass is 10.3. The van der Waals surface area contributed by atoms with Crippen molar-refractivity contribution in [2.24, 2.45) is 7.05 Å². The standard InChI is InChI=1S/C20H21N7O3S/c1-3-4-11-26-16-17(22-19(26)25-12-9-21-10-13-25)23-20(24(2)18(16)28)31-15-7-5-14(6-8-15)27(29)30/h5-8,21H,9-13H2,1-2H3. The molecule has 160 valence electrons. The van der Waals surface area contributed by atoms with Crippen molar-refractivity contribution in [1.82, 2.24) is 24.4 Å². The molecule has 1 aliphatic rings. The third-order valence-electron chi connectivity index (χ3n) is 5.00. The summed E-state index contributed by atoms with van der Waals surface area (Å²) in [5, 5.41) is 14.6. The molecule has 1 fully saturated rings. The fourth-order valence-electron chi connectivity index (χ4n) is 3.38. The highest BCUT2D eigenvalue weighted by Gasteiger charge is 2.23. The van der Waals surface area contributed by atoms with Gasteiger partial charge in [0, 0.05) is 50.3 Å². The van der Waals surface area contributed by atoms with E-state index in [0.29, 0.717) is 28.8 Å². The van der Waals surface area contributed by atoms with E-state index in [9.17, 15) is 14.9 Å². The van der Waals surface area contributed by atoms with Crippen molar-refractivity contribution in [2.75, 3.05) is 31.1 Å². The minimum Gasteiger partial charge on any atom is -0.340 e. The summed E-state index contributed by atoms with van der Waals surface area (Å²) in [4.78, 5) is 35.9. The number of benzene rings is 1. The minimum atomic E-state index is -0.446. The van der Waals surface area contributed by atoms with Crippen LogP contribution in [0.5, 0.6) is 0 Å². The molecular formula is C20H21N7O3S. The van der Waals surface area contributed by atoms with E-state index in [4.69, 9.17) is 4.98 Å². The summed E-state index contributed by atoms with van der Waals surface area (Å²) in [5.74, 6) is 6.61. The fourth-order valence-corrected chi connectivity index (χ4v) is 4.21. The molecule has 3 aromatic rings. The summed E-state index contributed by atoms with van der Waals surface area (Å²) < 4.78 is 3.32. The average Bonchev–Trinajstić information content (AvgIpc) is 3.15. The van der Waals surface area contributed by atoms with E-state index in [1.807, 2.05) is 4.57 Å². The number of rotatable bonds is 5. The van der Waals surface area contributed by atoms with Crippen LogP contribution in [0.4, 0.5) is 11.6 Å². The second-order valence-electron chi connectivity index (χ2n) is 6.95. The molecule has 1 aliphatic heterocycles. The van der Waals surface area contributed by atoms with Crippen molar-refractivity contribution < 1.29 is 4.92 Å². The van der Waals surface area contributed by atoms with Crippen molar-refractivity contribution in [2.45, 2.75) is 23.5 Å². The normalized spacial score (nSPS) is 13.8. The van der Waals surface area contributed by atoms with Gasteiger partial charge in [-0.3, -0.25) is 24.0 Å². The second-order valence-corrected chi connectivity index (χ2v) is 7.99. The van der Waals surface area contributed by atoms with Crippen LogP contribution in [-0.2, 0) is 13.6 Å². The number of imidazole rings is 1. The maximum absolute atomic E-state index is 13.2. The number of nitro benzene ring substituents is 1. The number of fused-ring (bicyclic) bond motifs is 1. The van der Waals surface area contributed by atoms with Gasteiger partial charge in [0.05, 0.1) is 11.5 Å². The van der Waals surface area contributed by atoms with Crippen LogP contribution in [0.2, 0.25) is 0 Å². The second kappa shape index (κ2) is 8.79. The van der Waals surface area contributed by atoms with Gasteiger partial charge in [-0.15, -0.1) is 5.92 Å². The molecule has 0 spiro atoms. The van der Waals surface area contributed by atoms with E-state index < -0.39 is 4.92 Å². The first-order valence-electron chi connectivity index (χ1n) is 9.74. The van der Waals surface area contributed by atoms with E-state index in [-0.39, 0.29) is 11.2 Å². The largest absolute Gasteiger partial charge is 0.340 e. The predicted octanol–water partition coefficient (Wildman–Crippen LogP) is 1.62. The Bertz CT molecular complexity index is 1250. The first kappa shape index (κ1) is 20.9. The monoisotopic (exact) mass is 439 g/mol. The van der Waals surface area contributed by atoms with Gasteiger partial charge < -0.3 is 10.2 Å². The van der Waals surface area contributed by atoms with E-state index >= 15 is 0 Å². The van der Waals surface area contributed by atoms with Gasteiger partial charge in [0.2, 0.25) is 5.95 Å². The number of anilines is 1. The number of nitro groups is 1. The molecule has 0 bridgehead atoms. The third-order valence-corrected chi connectivity index (χ3v) is 6.05. The molecule has 0 amide bonds. The van der Waals surface area contributed by atoms with Crippen LogP contribution < -0.4 is 15.8 Å². The highest BCUT2D eigenvalue weighted by atomic mass is 32.2. The number of aromatic nitrogens is 4. The van der Waals surface area contributed by atoms with Gasteiger partial charge >= 0.3 is 0 Å². The topological polar surface area (TPSA) is 111 Å². The van der Waals surface area contributed by atoms with Crippen LogP contribution in [-0.4, -0.2) is 50.2 Å². The summed E-state index contributed by atoms with van der Waals surface area (Å²) >= 11 is 1.26. The molecule has 11 heteroatoms. The Morgan fingerprint density at radius 1 is 1.23 bits per heavy atom. The molecule has 0 saturated carbocycles. The highest BCUT2D eigenvalue weighted by Crippen LogP contribution is 2.28. The maximum Gasteiger partial charge on any atom is 0.280 e. The predicted molar refractivity (Wildman–Crippen MR) is 119 cm³/mol. The smallest absolute Gasteiger partial charge is 0.280 e.